The molecule has 0 amide bonds. The van der Waals surface area contributed by atoms with Gasteiger partial charge in [0.2, 0.25) is 0 Å². The molecule has 0 spiro atoms. The monoisotopic (exact) mass is 259 g/mol. The number of aromatic nitrogens is 3. The number of aliphatic hydroxyl groups is 3. The van der Waals surface area contributed by atoms with Crippen LogP contribution >= 0.6 is 0 Å². The summed E-state index contributed by atoms with van der Waals surface area (Å²) in [5.74, 6) is 0. The van der Waals surface area contributed by atoms with Crippen LogP contribution in [-0.4, -0.2) is 54.5 Å². The van der Waals surface area contributed by atoms with E-state index in [1.54, 1.807) is 0 Å². The van der Waals surface area contributed by atoms with Crippen molar-refractivity contribution in [3.63, 3.8) is 0 Å². The molecule has 9 heteroatoms. The number of hydrogen-bond acceptors (Lipinski definition) is 7. The molecule has 1 aromatic heterocycles. The van der Waals surface area contributed by atoms with Crippen molar-refractivity contribution in [1.29, 1.82) is 0 Å². The predicted octanol–water partition coefficient (Wildman–Crippen LogP) is -3.07. The second-order valence-corrected chi connectivity index (χ2v) is 4.26. The molecule has 4 atom stereocenters. The first kappa shape index (κ1) is 12.9. The second-order valence-electron chi connectivity index (χ2n) is 4.26. The van der Waals surface area contributed by atoms with E-state index < -0.39 is 41.9 Å². The summed E-state index contributed by atoms with van der Waals surface area (Å²) in [6, 6.07) is 0. The van der Waals surface area contributed by atoms with Crippen molar-refractivity contribution < 1.29 is 20.1 Å². The van der Waals surface area contributed by atoms with Crippen LogP contribution in [0.2, 0.25) is 0 Å². The van der Waals surface area contributed by atoms with Gasteiger partial charge in [-0.1, -0.05) is 0 Å². The Morgan fingerprint density at radius 1 is 1.61 bits per heavy atom. The third-order valence-corrected chi connectivity index (χ3v) is 2.89. The maximum atomic E-state index is 11.5. The SMILES string of the molecule is CC1(O)[C@@H](O)[C@@H](CO)O[C@H]1n1ncc(=O)[nH]c1=O. The second kappa shape index (κ2) is 4.28. The quantitative estimate of drug-likeness (QED) is 0.442. The first-order chi connectivity index (χ1) is 8.37. The average Bonchev–Trinajstić information content (AvgIpc) is 2.52. The molecule has 18 heavy (non-hydrogen) atoms. The highest BCUT2D eigenvalue weighted by Gasteiger charge is 2.53. The molecule has 1 fully saturated rings. The summed E-state index contributed by atoms with van der Waals surface area (Å²) in [5, 5.41) is 32.4. The number of aromatic amines is 1. The number of nitrogens with zero attached hydrogens (tertiary/aromatic N) is 2. The zero-order valence-corrected chi connectivity index (χ0v) is 9.48. The van der Waals surface area contributed by atoms with E-state index >= 15 is 0 Å². The van der Waals surface area contributed by atoms with Crippen LogP contribution in [0.1, 0.15) is 13.2 Å². The number of aliphatic hydroxyl groups excluding tert-OH is 2. The van der Waals surface area contributed by atoms with Crippen LogP contribution in [0.4, 0.5) is 0 Å². The number of ether oxygens (including phenoxy) is 1. The molecule has 1 aliphatic rings. The summed E-state index contributed by atoms with van der Waals surface area (Å²) in [6.45, 7) is 0.725. The van der Waals surface area contributed by atoms with E-state index in [0.717, 1.165) is 6.20 Å². The van der Waals surface area contributed by atoms with E-state index in [2.05, 4.69) is 5.10 Å². The van der Waals surface area contributed by atoms with Gasteiger partial charge in [-0.3, -0.25) is 9.78 Å². The Balaban J connectivity index is 2.45. The summed E-state index contributed by atoms with van der Waals surface area (Å²) in [5.41, 5.74) is -3.38. The summed E-state index contributed by atoms with van der Waals surface area (Å²) < 4.78 is 5.88. The molecule has 0 aliphatic carbocycles. The van der Waals surface area contributed by atoms with E-state index in [9.17, 15) is 19.8 Å². The first-order valence-electron chi connectivity index (χ1n) is 5.23. The van der Waals surface area contributed by atoms with Crippen LogP contribution in [0.5, 0.6) is 0 Å². The van der Waals surface area contributed by atoms with Gasteiger partial charge in [0.05, 0.1) is 6.61 Å². The smallest absolute Gasteiger partial charge is 0.347 e. The van der Waals surface area contributed by atoms with Crippen LogP contribution in [0, 0.1) is 0 Å². The summed E-state index contributed by atoms with van der Waals surface area (Å²) in [6.07, 6.45) is -2.87. The maximum Gasteiger partial charge on any atom is 0.347 e. The van der Waals surface area contributed by atoms with Crippen molar-refractivity contribution in [2.45, 2.75) is 31.0 Å². The normalized spacial score (nSPS) is 35.9. The van der Waals surface area contributed by atoms with Gasteiger partial charge < -0.3 is 20.1 Å². The zero-order chi connectivity index (χ0) is 13.5. The van der Waals surface area contributed by atoms with Crippen LogP contribution < -0.4 is 11.2 Å². The van der Waals surface area contributed by atoms with Crippen LogP contribution in [0.3, 0.4) is 0 Å². The molecule has 0 saturated carbocycles. The van der Waals surface area contributed by atoms with E-state index in [1.165, 1.54) is 6.92 Å². The molecular formula is C9H13N3O6. The molecule has 2 rings (SSSR count). The minimum absolute atomic E-state index is 0.522. The fraction of sp³-hybridized carbons (Fsp3) is 0.667. The van der Waals surface area contributed by atoms with Crippen molar-refractivity contribution >= 4 is 0 Å². The van der Waals surface area contributed by atoms with E-state index in [0.29, 0.717) is 4.68 Å². The third-order valence-electron chi connectivity index (χ3n) is 2.89. The summed E-state index contributed by atoms with van der Waals surface area (Å²) in [7, 11) is 0. The first-order valence-corrected chi connectivity index (χ1v) is 5.23. The van der Waals surface area contributed by atoms with Gasteiger partial charge in [-0.2, -0.15) is 9.78 Å². The molecule has 0 aromatic carbocycles. The molecule has 1 unspecified atom stereocenters. The average molecular weight is 259 g/mol. The highest BCUT2D eigenvalue weighted by Crippen LogP contribution is 2.36. The molecule has 2 heterocycles. The molecule has 1 saturated heterocycles. The minimum atomic E-state index is -1.82. The van der Waals surface area contributed by atoms with Crippen molar-refractivity contribution in [3.8, 4) is 0 Å². The van der Waals surface area contributed by atoms with Crippen molar-refractivity contribution in [1.82, 2.24) is 14.8 Å². The summed E-state index contributed by atoms with van der Waals surface area (Å²) in [4.78, 5) is 24.4. The van der Waals surface area contributed by atoms with Gasteiger partial charge in [-0.05, 0) is 6.92 Å². The van der Waals surface area contributed by atoms with Crippen LogP contribution in [0.25, 0.3) is 0 Å². The molecule has 100 valence electrons. The topological polar surface area (TPSA) is 138 Å². The summed E-state index contributed by atoms with van der Waals surface area (Å²) >= 11 is 0. The number of rotatable bonds is 2. The van der Waals surface area contributed by atoms with Gasteiger partial charge in [-0.15, -0.1) is 0 Å². The van der Waals surface area contributed by atoms with Gasteiger partial charge in [0, 0.05) is 0 Å². The molecular weight excluding hydrogens is 246 g/mol. The highest BCUT2D eigenvalue weighted by molar-refractivity contribution is 4.98. The highest BCUT2D eigenvalue weighted by atomic mass is 16.6. The lowest BCUT2D eigenvalue weighted by atomic mass is 9.97. The van der Waals surface area contributed by atoms with E-state index in [-0.39, 0.29) is 0 Å². The molecule has 1 aromatic rings. The third kappa shape index (κ3) is 1.86. The predicted molar refractivity (Wildman–Crippen MR) is 56.7 cm³/mol. The van der Waals surface area contributed by atoms with Crippen molar-refractivity contribution in [2.24, 2.45) is 0 Å². The standard InChI is InChI=1S/C9H13N3O6/c1-9(17)6(15)4(3-13)18-7(9)12-8(16)11-5(14)2-10-12/h2,4,6-7,13,15,17H,3H2,1H3,(H,11,14,16)/t4-,6+,7-,9?/m1/s1. The Kier molecular flexibility index (Phi) is 3.07. The largest absolute Gasteiger partial charge is 0.394 e. The fourth-order valence-corrected chi connectivity index (χ4v) is 1.88. The van der Waals surface area contributed by atoms with E-state index in [4.69, 9.17) is 9.84 Å². The van der Waals surface area contributed by atoms with Gasteiger partial charge in [0.15, 0.2) is 6.23 Å². The van der Waals surface area contributed by atoms with Crippen LogP contribution in [-0.2, 0) is 4.74 Å². The molecule has 4 N–H and O–H groups in total. The maximum absolute atomic E-state index is 11.5. The Bertz CT molecular complexity index is 550. The Morgan fingerprint density at radius 3 is 2.78 bits per heavy atom. The van der Waals surface area contributed by atoms with Gasteiger partial charge in [-0.25, -0.2) is 4.79 Å². The number of H-pyrrole nitrogens is 1. The van der Waals surface area contributed by atoms with Crippen molar-refractivity contribution in [3.05, 3.63) is 27.0 Å². The Labute approximate surface area is 100 Å². The zero-order valence-electron chi connectivity index (χ0n) is 9.48. The Hall–Kier alpha value is -1.55. The molecule has 1 aliphatic heterocycles. The lowest BCUT2D eigenvalue weighted by molar-refractivity contribution is -0.105. The molecule has 9 nitrogen and oxygen atoms in total. The van der Waals surface area contributed by atoms with E-state index in [1.807, 2.05) is 4.98 Å². The molecule has 0 bridgehead atoms. The molecule has 0 radical (unpaired) electrons. The fourth-order valence-electron chi connectivity index (χ4n) is 1.88. The lowest BCUT2D eigenvalue weighted by Gasteiger charge is -2.26. The van der Waals surface area contributed by atoms with Crippen LogP contribution in [0.15, 0.2) is 15.8 Å². The van der Waals surface area contributed by atoms with Crippen molar-refractivity contribution in [2.75, 3.05) is 6.61 Å². The van der Waals surface area contributed by atoms with Gasteiger partial charge in [0.1, 0.15) is 24.0 Å². The van der Waals surface area contributed by atoms with Gasteiger partial charge in [0.25, 0.3) is 5.56 Å². The lowest BCUT2D eigenvalue weighted by Crippen LogP contribution is -2.47. The number of hydrogen-bond donors (Lipinski definition) is 4. The Morgan fingerprint density at radius 2 is 2.28 bits per heavy atom. The minimum Gasteiger partial charge on any atom is -0.394 e. The number of nitrogens with one attached hydrogen (secondary N) is 1. The van der Waals surface area contributed by atoms with Gasteiger partial charge >= 0.3 is 5.69 Å².